The zero-order valence-electron chi connectivity index (χ0n) is 23.6. The Kier molecular flexibility index (Phi) is 11.7. The normalized spacial score (nSPS) is 49.6. The summed E-state index contributed by atoms with van der Waals surface area (Å²) in [5.41, 5.74) is 23.5. The Morgan fingerprint density at radius 2 is 1.53 bits per heavy atom. The fourth-order valence-electron chi connectivity index (χ4n) is 5.97. The van der Waals surface area contributed by atoms with Crippen molar-refractivity contribution in [2.45, 2.75) is 123 Å². The van der Waals surface area contributed by atoms with Crippen LogP contribution in [-0.2, 0) is 28.5 Å². The number of likely N-dealkylation sites (N-methyl/N-ethyl adjacent to an activating group) is 1. The van der Waals surface area contributed by atoms with Crippen molar-refractivity contribution < 1.29 is 64.2 Å². The molecule has 0 aromatic carbocycles. The zero-order valence-corrected chi connectivity index (χ0v) is 23.6. The van der Waals surface area contributed by atoms with Crippen molar-refractivity contribution >= 4 is 5.91 Å². The number of nitrogens with two attached hydrogens (primary N) is 4. The molecule has 1 saturated carbocycles. The fraction of sp³-hybridized carbons (Fsp3) is 0.958. The molecule has 1 amide bonds. The second-order valence-corrected chi connectivity index (χ2v) is 11.5. The lowest BCUT2D eigenvalue weighted by Crippen LogP contribution is -2.70. The third kappa shape index (κ3) is 7.13. The lowest BCUT2D eigenvalue weighted by atomic mass is 9.84. The maximum absolute atomic E-state index is 12.1. The van der Waals surface area contributed by atoms with Gasteiger partial charge in [0.2, 0.25) is 0 Å². The Morgan fingerprint density at radius 3 is 2.16 bits per heavy atom. The second kappa shape index (κ2) is 14.5. The van der Waals surface area contributed by atoms with Crippen molar-refractivity contribution in [3.8, 4) is 0 Å². The van der Waals surface area contributed by atoms with Crippen molar-refractivity contribution in [2.75, 3.05) is 20.2 Å². The van der Waals surface area contributed by atoms with Crippen LogP contribution in [0.25, 0.3) is 0 Å². The highest BCUT2D eigenvalue weighted by atomic mass is 16.8. The van der Waals surface area contributed by atoms with Crippen molar-refractivity contribution in [1.29, 1.82) is 0 Å². The van der Waals surface area contributed by atoms with Crippen LogP contribution in [0.4, 0.5) is 0 Å². The van der Waals surface area contributed by atoms with Gasteiger partial charge in [-0.25, -0.2) is 0 Å². The first-order valence-corrected chi connectivity index (χ1v) is 14.2. The first-order chi connectivity index (χ1) is 20.3. The first-order valence-electron chi connectivity index (χ1n) is 14.2. The highest BCUT2D eigenvalue weighted by Crippen LogP contribution is 2.35. The molecule has 4 rings (SSSR count). The molecule has 0 aromatic heterocycles. The predicted octanol–water partition coefficient (Wildman–Crippen LogP) is -8.47. The number of nitrogens with one attached hydrogen (secondary N) is 2. The van der Waals surface area contributed by atoms with Crippen LogP contribution in [0.2, 0.25) is 0 Å². The molecule has 18 atom stereocenters. The zero-order chi connectivity index (χ0) is 31.7. The van der Waals surface area contributed by atoms with Crippen LogP contribution < -0.4 is 33.6 Å². The maximum atomic E-state index is 12.1. The Labute approximate surface area is 247 Å². The summed E-state index contributed by atoms with van der Waals surface area (Å²) in [5.74, 6) is -0.934. The number of aliphatic hydroxyl groups excluding tert-OH is 7. The minimum atomic E-state index is -1.75. The largest absolute Gasteiger partial charge is 0.394 e. The van der Waals surface area contributed by atoms with E-state index in [1.54, 1.807) is 0 Å². The van der Waals surface area contributed by atoms with E-state index in [4.69, 9.17) is 46.6 Å². The Hall–Kier alpha value is -1.21. The molecule has 0 aromatic rings. The van der Waals surface area contributed by atoms with E-state index >= 15 is 0 Å². The molecule has 250 valence electrons. The van der Waals surface area contributed by atoms with Gasteiger partial charge >= 0.3 is 0 Å². The number of carbonyl (C=O) groups is 1. The highest BCUT2D eigenvalue weighted by molar-refractivity contribution is 5.81. The Balaban J connectivity index is 1.42. The molecule has 4 aliphatic rings. The molecule has 19 nitrogen and oxygen atoms in total. The van der Waals surface area contributed by atoms with Crippen LogP contribution in [-0.4, -0.2) is 172 Å². The van der Waals surface area contributed by atoms with Gasteiger partial charge in [0.25, 0.3) is 5.91 Å². The van der Waals surface area contributed by atoms with Crippen LogP contribution in [0, 0.1) is 0 Å². The van der Waals surface area contributed by atoms with Crippen molar-refractivity contribution in [3.05, 3.63) is 0 Å². The van der Waals surface area contributed by atoms with E-state index < -0.39 is 129 Å². The summed E-state index contributed by atoms with van der Waals surface area (Å²) in [6.07, 6.45) is -16.8. The summed E-state index contributed by atoms with van der Waals surface area (Å²) in [6.45, 7) is -1.09. The van der Waals surface area contributed by atoms with E-state index in [1.807, 2.05) is 0 Å². The second-order valence-electron chi connectivity index (χ2n) is 11.5. The summed E-state index contributed by atoms with van der Waals surface area (Å²) < 4.78 is 29.4. The van der Waals surface area contributed by atoms with Gasteiger partial charge < -0.3 is 93.0 Å². The number of rotatable bonds is 9. The summed E-state index contributed by atoms with van der Waals surface area (Å²) >= 11 is 0. The van der Waals surface area contributed by atoms with Crippen LogP contribution in [0.5, 0.6) is 0 Å². The minimum Gasteiger partial charge on any atom is -0.394 e. The molecule has 0 radical (unpaired) electrons. The number of ether oxygens (including phenoxy) is 5. The predicted molar refractivity (Wildman–Crippen MR) is 142 cm³/mol. The van der Waals surface area contributed by atoms with Crippen LogP contribution in [0.15, 0.2) is 0 Å². The molecule has 4 fully saturated rings. The van der Waals surface area contributed by atoms with Gasteiger partial charge in [0.05, 0.1) is 36.9 Å². The van der Waals surface area contributed by atoms with Crippen LogP contribution in [0.3, 0.4) is 0 Å². The number of amides is 1. The molecular formula is C24H46N6O13. The van der Waals surface area contributed by atoms with Gasteiger partial charge in [-0.15, -0.1) is 0 Å². The fourth-order valence-corrected chi connectivity index (χ4v) is 5.97. The summed E-state index contributed by atoms with van der Waals surface area (Å²) in [4.78, 5) is 12.1. The molecular weight excluding hydrogens is 580 g/mol. The molecule has 0 bridgehead atoms. The average molecular weight is 627 g/mol. The third-order valence-electron chi connectivity index (χ3n) is 8.52. The molecule has 43 heavy (non-hydrogen) atoms. The molecule has 19 heteroatoms. The maximum Gasteiger partial charge on any atom is 0.250 e. The standard InChI is InChI=1S/C24H46N6O13/c1-29-13-16(35)20-10(3-8(28)22(42-20)41-19-7(27)2-6(26)14(33)17(19)36)39-23(13)43-24-18(37)15(34)12(11(5-31)40-24)30-21(38)9(32)4-25/h6-20,22-24,29,31-37H,2-5,25-28H2,1H3,(H,30,38)/t6-,7?,8+,9-,10+,11?,12-,13?,14?,15+,16?,17-,18?,19-,20?,22+,23?,24-/m1/s1. The quantitative estimate of drug-likeness (QED) is 0.113. The first kappa shape index (κ1) is 34.7. The van der Waals surface area contributed by atoms with E-state index in [9.17, 15) is 40.5 Å². The minimum absolute atomic E-state index is 0.0936. The van der Waals surface area contributed by atoms with Gasteiger partial charge in [-0.2, -0.15) is 0 Å². The van der Waals surface area contributed by atoms with Crippen LogP contribution in [0.1, 0.15) is 12.8 Å². The molecule has 17 N–H and O–H groups in total. The van der Waals surface area contributed by atoms with E-state index in [2.05, 4.69) is 10.6 Å². The lowest BCUT2D eigenvalue weighted by Gasteiger charge is -2.51. The average Bonchev–Trinajstić information content (AvgIpc) is 2.97. The van der Waals surface area contributed by atoms with E-state index in [0.717, 1.165) is 0 Å². The number of carbonyl (C=O) groups excluding carboxylic acids is 1. The van der Waals surface area contributed by atoms with Gasteiger partial charge in [0, 0.05) is 18.6 Å². The number of hydrogen-bond acceptors (Lipinski definition) is 18. The molecule has 3 saturated heterocycles. The number of fused-ring (bicyclic) bond motifs is 1. The van der Waals surface area contributed by atoms with Gasteiger partial charge in [-0.05, 0) is 19.9 Å². The monoisotopic (exact) mass is 626 g/mol. The van der Waals surface area contributed by atoms with Gasteiger partial charge in [0.1, 0.15) is 48.8 Å². The smallest absolute Gasteiger partial charge is 0.250 e. The Bertz CT molecular complexity index is 925. The topological polar surface area (TPSA) is 333 Å². The Morgan fingerprint density at radius 1 is 0.837 bits per heavy atom. The van der Waals surface area contributed by atoms with Crippen LogP contribution >= 0.6 is 0 Å². The SMILES string of the molecule is CNC1C(O[C@H]2OC(CO)[C@@H](NC(=O)[C@H](O)CN)[C@H](O)C2O)O[C@H]2C[C@H](N)[C@@H](O[C@@H]3C(N)C[C@@H](N)C(O)[C@H]3O)OC2C1O. The van der Waals surface area contributed by atoms with E-state index in [-0.39, 0.29) is 12.8 Å². The summed E-state index contributed by atoms with van der Waals surface area (Å²) in [5, 5.41) is 78.0. The van der Waals surface area contributed by atoms with Gasteiger partial charge in [-0.3, -0.25) is 4.79 Å². The lowest BCUT2D eigenvalue weighted by molar-refractivity contribution is -0.373. The number of aliphatic hydroxyl groups is 7. The number of hydrogen-bond donors (Lipinski definition) is 13. The molecule has 8 unspecified atom stereocenters. The summed E-state index contributed by atoms with van der Waals surface area (Å²) in [7, 11) is 1.51. The third-order valence-corrected chi connectivity index (χ3v) is 8.52. The van der Waals surface area contributed by atoms with Crippen molar-refractivity contribution in [3.63, 3.8) is 0 Å². The van der Waals surface area contributed by atoms with Crippen molar-refractivity contribution in [2.24, 2.45) is 22.9 Å². The van der Waals surface area contributed by atoms with E-state index in [0.29, 0.717) is 0 Å². The molecule has 1 aliphatic carbocycles. The summed E-state index contributed by atoms with van der Waals surface area (Å²) in [6, 6.07) is -4.55. The molecule has 3 aliphatic heterocycles. The van der Waals surface area contributed by atoms with Gasteiger partial charge in [0.15, 0.2) is 18.9 Å². The molecule has 3 heterocycles. The molecule has 0 spiro atoms. The van der Waals surface area contributed by atoms with Crippen molar-refractivity contribution in [1.82, 2.24) is 10.6 Å². The van der Waals surface area contributed by atoms with E-state index in [1.165, 1.54) is 7.05 Å². The van der Waals surface area contributed by atoms with Gasteiger partial charge in [-0.1, -0.05) is 0 Å². The highest BCUT2D eigenvalue weighted by Gasteiger charge is 2.54.